The summed E-state index contributed by atoms with van der Waals surface area (Å²) in [6, 6.07) is 5.25. The number of hydrogen-bond donors (Lipinski definition) is 1. The first-order valence-electron chi connectivity index (χ1n) is 11.5. The average Bonchev–Trinajstić information content (AvgIpc) is 2.91. The maximum Gasteiger partial charge on any atom is 0.501 e. The third-order valence-electron chi connectivity index (χ3n) is 6.05. The molecule has 244 valence electrons. The first-order chi connectivity index (χ1) is 20.4. The van der Waals surface area contributed by atoms with Gasteiger partial charge in [0.05, 0.1) is 16.9 Å². The van der Waals surface area contributed by atoms with E-state index in [4.69, 9.17) is 0 Å². The summed E-state index contributed by atoms with van der Waals surface area (Å²) in [5.74, 6) is -4.99. The van der Waals surface area contributed by atoms with Crippen LogP contribution in [0.15, 0.2) is 59.5 Å². The predicted molar refractivity (Wildman–Crippen MR) is 141 cm³/mol. The molecule has 0 fully saturated rings. The molecule has 3 rings (SSSR count). The zero-order valence-electron chi connectivity index (χ0n) is 21.6. The van der Waals surface area contributed by atoms with Crippen molar-refractivity contribution < 1.29 is 70.7 Å². The molecule has 0 saturated heterocycles. The molecule has 0 aliphatic heterocycles. The molecule has 1 N–H and O–H groups in total. The van der Waals surface area contributed by atoms with Crippen LogP contribution in [0.3, 0.4) is 0 Å². The quantitative estimate of drug-likeness (QED) is 0.205. The van der Waals surface area contributed by atoms with Crippen LogP contribution in [0.4, 0.5) is 64.1 Å². The Labute approximate surface area is 258 Å². The van der Waals surface area contributed by atoms with E-state index in [1.165, 1.54) is 5.32 Å². The van der Waals surface area contributed by atoms with Crippen LogP contribution in [0.25, 0.3) is 0 Å². The fraction of sp³-hybridized carbons (Fsp3) is 0.200. The monoisotopic (exact) mass is 792 g/mol. The molecule has 3 aromatic rings. The standard InChI is InChI=1S/C25H13F12IN2O4S/c1-40(21(42)11-5-7-13(26)8-6-11)16-4-2-3-14(18(16)27)20(41)39-19-15(38)9-12(10-17(19)45(43,44)25(35,36)37)22(28,23(29,30)31)24(32,33)34/h2-10H,1H3,(H,39,41). The minimum Gasteiger partial charge on any atom is -0.320 e. The van der Waals surface area contributed by atoms with Crippen LogP contribution in [0, 0.1) is 15.2 Å². The minimum absolute atomic E-state index is 0.161. The third-order valence-corrected chi connectivity index (χ3v) is 8.41. The number of carbonyl (C=O) groups is 2. The molecule has 6 nitrogen and oxygen atoms in total. The van der Waals surface area contributed by atoms with E-state index in [9.17, 15) is 66.3 Å². The van der Waals surface area contributed by atoms with Crippen LogP contribution in [0.5, 0.6) is 0 Å². The molecule has 45 heavy (non-hydrogen) atoms. The Morgan fingerprint density at radius 3 is 1.84 bits per heavy atom. The van der Waals surface area contributed by atoms with Gasteiger partial charge in [0, 0.05) is 21.7 Å². The lowest BCUT2D eigenvalue weighted by Gasteiger charge is -2.31. The summed E-state index contributed by atoms with van der Waals surface area (Å²) in [7, 11) is -5.90. The van der Waals surface area contributed by atoms with Crippen LogP contribution in [0.1, 0.15) is 26.3 Å². The minimum atomic E-state index is -6.90. The lowest BCUT2D eigenvalue weighted by Crippen LogP contribution is -2.50. The van der Waals surface area contributed by atoms with Gasteiger partial charge in [-0.05, 0) is 71.1 Å². The topological polar surface area (TPSA) is 83.6 Å². The van der Waals surface area contributed by atoms with Gasteiger partial charge in [0.2, 0.25) is 0 Å². The highest BCUT2D eigenvalue weighted by Crippen LogP contribution is 2.54. The van der Waals surface area contributed by atoms with E-state index >= 15 is 4.39 Å². The smallest absolute Gasteiger partial charge is 0.320 e. The van der Waals surface area contributed by atoms with E-state index in [1.807, 2.05) is 0 Å². The van der Waals surface area contributed by atoms with Crippen molar-refractivity contribution in [3.05, 3.63) is 86.5 Å². The number of benzene rings is 3. The Hall–Kier alpha value is -3.56. The zero-order chi connectivity index (χ0) is 34.5. The number of nitrogens with zero attached hydrogens (tertiary/aromatic N) is 1. The van der Waals surface area contributed by atoms with Crippen molar-refractivity contribution in [1.29, 1.82) is 0 Å². The SMILES string of the molecule is CN(C(=O)c1ccc(F)cc1)c1cccc(C(=O)Nc2c(I)cc(C(F)(C(F)(F)F)C(F)(F)F)cc2S(=O)(=O)C(F)(F)F)c1F. The van der Waals surface area contributed by atoms with Gasteiger partial charge in [0.25, 0.3) is 21.7 Å². The van der Waals surface area contributed by atoms with E-state index < -0.39 is 93.8 Å². The van der Waals surface area contributed by atoms with Crippen molar-refractivity contribution >= 4 is 55.6 Å². The van der Waals surface area contributed by atoms with E-state index in [-0.39, 0.29) is 11.6 Å². The van der Waals surface area contributed by atoms with Gasteiger partial charge in [-0.3, -0.25) is 9.59 Å². The Morgan fingerprint density at radius 2 is 1.36 bits per heavy atom. The van der Waals surface area contributed by atoms with Gasteiger partial charge in [0.15, 0.2) is 5.82 Å². The largest absolute Gasteiger partial charge is 0.501 e. The number of nitrogens with one attached hydrogen (secondary N) is 1. The molecule has 3 aromatic carbocycles. The van der Waals surface area contributed by atoms with Crippen molar-refractivity contribution in [1.82, 2.24) is 0 Å². The lowest BCUT2D eigenvalue weighted by molar-refractivity contribution is -0.348. The second-order valence-corrected chi connectivity index (χ2v) is 12.0. The Morgan fingerprint density at radius 1 is 0.822 bits per heavy atom. The molecule has 0 aliphatic carbocycles. The van der Waals surface area contributed by atoms with Gasteiger partial charge in [-0.1, -0.05) is 6.07 Å². The van der Waals surface area contributed by atoms with Crippen molar-refractivity contribution in [2.24, 2.45) is 0 Å². The van der Waals surface area contributed by atoms with Crippen LogP contribution in [-0.4, -0.2) is 45.1 Å². The third kappa shape index (κ3) is 6.56. The van der Waals surface area contributed by atoms with Crippen LogP contribution >= 0.6 is 22.6 Å². The van der Waals surface area contributed by atoms with Crippen molar-refractivity contribution in [3.8, 4) is 0 Å². The van der Waals surface area contributed by atoms with Crippen molar-refractivity contribution in [3.63, 3.8) is 0 Å². The summed E-state index contributed by atoms with van der Waals surface area (Å²) < 4.78 is 187. The maximum absolute atomic E-state index is 15.4. The van der Waals surface area contributed by atoms with E-state index in [0.29, 0.717) is 11.0 Å². The molecule has 0 radical (unpaired) electrons. The normalized spacial score (nSPS) is 13.0. The summed E-state index contributed by atoms with van der Waals surface area (Å²) in [5, 5.41) is 1.51. The first-order valence-corrected chi connectivity index (χ1v) is 14.0. The number of anilines is 2. The maximum atomic E-state index is 15.4. The molecule has 20 heteroatoms. The Kier molecular flexibility index (Phi) is 9.57. The molecule has 0 heterocycles. The van der Waals surface area contributed by atoms with Crippen molar-refractivity contribution in [2.75, 3.05) is 17.3 Å². The second kappa shape index (κ2) is 12.0. The van der Waals surface area contributed by atoms with Crippen LogP contribution in [0.2, 0.25) is 0 Å². The van der Waals surface area contributed by atoms with Crippen LogP contribution in [-0.2, 0) is 15.5 Å². The van der Waals surface area contributed by atoms with Gasteiger partial charge in [0.1, 0.15) is 10.7 Å². The number of sulfone groups is 1. The average molecular weight is 792 g/mol. The van der Waals surface area contributed by atoms with Gasteiger partial charge in [-0.15, -0.1) is 0 Å². The molecule has 0 saturated carbocycles. The van der Waals surface area contributed by atoms with E-state index in [2.05, 4.69) is 0 Å². The van der Waals surface area contributed by atoms with Crippen molar-refractivity contribution in [2.45, 2.75) is 28.4 Å². The molecule has 0 unspecified atom stereocenters. The molecule has 0 spiro atoms. The molecule has 0 aliphatic rings. The molecule has 2 amide bonds. The van der Waals surface area contributed by atoms with Crippen LogP contribution < -0.4 is 10.2 Å². The van der Waals surface area contributed by atoms with Gasteiger partial charge in [-0.2, -0.15) is 39.5 Å². The fourth-order valence-electron chi connectivity index (χ4n) is 3.76. The van der Waals surface area contributed by atoms with Gasteiger partial charge >= 0.3 is 23.5 Å². The molecular weight excluding hydrogens is 779 g/mol. The van der Waals surface area contributed by atoms with Gasteiger partial charge in [-0.25, -0.2) is 21.6 Å². The second-order valence-electron chi connectivity index (χ2n) is 8.90. The summed E-state index contributed by atoms with van der Waals surface area (Å²) in [5.41, 5.74) is -18.8. The summed E-state index contributed by atoms with van der Waals surface area (Å²) in [6.07, 6.45) is -13.7. The highest BCUT2D eigenvalue weighted by Gasteiger charge is 2.73. The number of carbonyl (C=O) groups excluding carboxylic acids is 2. The summed E-state index contributed by atoms with van der Waals surface area (Å²) in [6.45, 7) is 0. The zero-order valence-corrected chi connectivity index (χ0v) is 24.6. The molecule has 0 bridgehead atoms. The Balaban J connectivity index is 2.18. The van der Waals surface area contributed by atoms with E-state index in [0.717, 1.165) is 66.0 Å². The first kappa shape index (κ1) is 35.9. The molecule has 0 aromatic heterocycles. The number of amides is 2. The number of halogens is 13. The fourth-order valence-corrected chi connectivity index (χ4v) is 5.66. The lowest BCUT2D eigenvalue weighted by atomic mass is 9.94. The summed E-state index contributed by atoms with van der Waals surface area (Å²) in [4.78, 5) is 23.9. The highest BCUT2D eigenvalue weighted by molar-refractivity contribution is 14.1. The predicted octanol–water partition coefficient (Wildman–Crippen LogP) is 7.68. The van der Waals surface area contributed by atoms with E-state index in [1.54, 1.807) is 0 Å². The van der Waals surface area contributed by atoms with Gasteiger partial charge < -0.3 is 10.2 Å². The highest BCUT2D eigenvalue weighted by atomic mass is 127. The summed E-state index contributed by atoms with van der Waals surface area (Å²) >= 11 is 0.751. The molecule has 0 atom stereocenters. The number of alkyl halides is 10. The number of rotatable bonds is 6. The molecular formula is C25H13F12IN2O4S. The Bertz CT molecular complexity index is 1740. The number of hydrogen-bond acceptors (Lipinski definition) is 4.